The first-order valence-electron chi connectivity index (χ1n) is 17.0. The molecule has 0 saturated carbocycles. The molecule has 4 heterocycles. The van der Waals surface area contributed by atoms with E-state index < -0.39 is 5.97 Å². The Morgan fingerprint density at radius 3 is 2.31 bits per heavy atom. The molecular weight excluding hydrogens is 685 g/mol. The van der Waals surface area contributed by atoms with E-state index in [4.69, 9.17) is 27.9 Å². The van der Waals surface area contributed by atoms with Gasteiger partial charge in [0.2, 0.25) is 0 Å². The number of carboxylic acids is 1. The van der Waals surface area contributed by atoms with E-state index in [1.165, 1.54) is 0 Å². The van der Waals surface area contributed by atoms with Gasteiger partial charge >= 0.3 is 5.97 Å². The molecule has 0 bridgehead atoms. The molecule has 6 aromatic rings. The highest BCUT2D eigenvalue weighted by atomic mass is 35.5. The number of aromatic nitrogens is 4. The zero-order valence-electron chi connectivity index (χ0n) is 29.7. The van der Waals surface area contributed by atoms with Gasteiger partial charge in [0.1, 0.15) is 23.5 Å². The maximum Gasteiger partial charge on any atom is 0.352 e. The van der Waals surface area contributed by atoms with Crippen LogP contribution >= 0.6 is 23.2 Å². The summed E-state index contributed by atoms with van der Waals surface area (Å²) in [7, 11) is 1.73. The van der Waals surface area contributed by atoms with Gasteiger partial charge in [-0.2, -0.15) is 0 Å². The van der Waals surface area contributed by atoms with Gasteiger partial charge in [0.25, 0.3) is 5.91 Å². The molecule has 7 rings (SSSR count). The second-order valence-corrected chi connectivity index (χ2v) is 14.4. The summed E-state index contributed by atoms with van der Waals surface area (Å²) >= 11 is 13.5. The number of aryl methyl sites for hydroxylation is 7. The van der Waals surface area contributed by atoms with Crippen molar-refractivity contribution in [1.82, 2.24) is 19.1 Å². The fraction of sp³-hybridized carbons (Fsp3) is 0.300. The fourth-order valence-corrected chi connectivity index (χ4v) is 8.15. The van der Waals surface area contributed by atoms with Gasteiger partial charge in [-0.15, -0.1) is 0 Å². The van der Waals surface area contributed by atoms with Gasteiger partial charge in [-0.25, -0.2) is 14.8 Å². The third-order valence-corrected chi connectivity index (χ3v) is 11.0. The number of nitrogens with zero attached hydrogens (tertiary/aromatic N) is 5. The van der Waals surface area contributed by atoms with Gasteiger partial charge in [-0.05, 0) is 113 Å². The van der Waals surface area contributed by atoms with Crippen LogP contribution in [0.1, 0.15) is 74.0 Å². The number of carbonyl (C=O) groups is 2. The molecule has 0 unspecified atom stereocenters. The molecule has 9 nitrogen and oxygen atoms in total. The van der Waals surface area contributed by atoms with Gasteiger partial charge in [0.05, 0.1) is 28.4 Å². The summed E-state index contributed by atoms with van der Waals surface area (Å²) in [6, 6.07) is 13.2. The first-order chi connectivity index (χ1) is 24.3. The molecule has 0 saturated heterocycles. The number of hydrogen-bond acceptors (Lipinski definition) is 5. The molecule has 1 aliphatic heterocycles. The molecule has 51 heavy (non-hydrogen) atoms. The molecule has 3 aromatic carbocycles. The Hall–Kier alpha value is -4.86. The summed E-state index contributed by atoms with van der Waals surface area (Å²) in [6.45, 7) is 12.7. The van der Waals surface area contributed by atoms with Crippen molar-refractivity contribution >= 4 is 62.6 Å². The van der Waals surface area contributed by atoms with Crippen LogP contribution in [0.25, 0.3) is 32.9 Å². The molecule has 1 aliphatic rings. The minimum absolute atomic E-state index is 0.158. The lowest BCUT2D eigenvalue weighted by molar-refractivity contribution is 0.0687. The highest BCUT2D eigenvalue weighted by Gasteiger charge is 2.37. The highest BCUT2D eigenvalue weighted by molar-refractivity contribution is 6.35. The molecule has 0 fully saturated rings. The number of carboxylic acid groups (broad SMARTS) is 1. The second-order valence-electron chi connectivity index (χ2n) is 13.6. The number of rotatable bonds is 8. The van der Waals surface area contributed by atoms with Crippen LogP contribution in [0.2, 0.25) is 10.0 Å². The van der Waals surface area contributed by atoms with Gasteiger partial charge in [-0.3, -0.25) is 4.79 Å². The summed E-state index contributed by atoms with van der Waals surface area (Å²) in [5, 5.41) is 12.9. The van der Waals surface area contributed by atoms with E-state index in [0.717, 1.165) is 71.8 Å². The van der Waals surface area contributed by atoms with Crippen molar-refractivity contribution in [3.8, 4) is 16.9 Å². The molecule has 1 N–H and O–H groups in total. The van der Waals surface area contributed by atoms with Crippen molar-refractivity contribution in [2.75, 3.05) is 18.1 Å². The monoisotopic (exact) mass is 723 g/mol. The van der Waals surface area contributed by atoms with E-state index in [1.807, 2.05) is 75.9 Å². The summed E-state index contributed by atoms with van der Waals surface area (Å²) in [6.07, 6.45) is 2.77. The smallest absolute Gasteiger partial charge is 0.352 e. The number of amides is 1. The minimum atomic E-state index is -1.02. The molecule has 0 aliphatic carbocycles. The van der Waals surface area contributed by atoms with E-state index in [0.29, 0.717) is 47.9 Å². The first-order valence-corrected chi connectivity index (χ1v) is 17.7. The number of fused-ring (bicyclic) bond motifs is 4. The molecule has 1 atom stereocenters. The minimum Gasteiger partial charge on any atom is -0.494 e. The summed E-state index contributed by atoms with van der Waals surface area (Å²) in [5.74, 6) is -0.428. The lowest BCUT2D eigenvalue weighted by atomic mass is 9.97. The van der Waals surface area contributed by atoms with Crippen molar-refractivity contribution in [3.63, 3.8) is 0 Å². The molecule has 262 valence electrons. The van der Waals surface area contributed by atoms with Crippen molar-refractivity contribution in [2.45, 2.75) is 60.4 Å². The third kappa shape index (κ3) is 5.72. The Kier molecular flexibility index (Phi) is 8.84. The number of halogens is 2. The maximum atomic E-state index is 15.1. The Bertz CT molecular complexity index is 2380. The van der Waals surface area contributed by atoms with Crippen LogP contribution < -0.4 is 9.64 Å². The fourth-order valence-electron chi connectivity index (χ4n) is 7.79. The number of ether oxygens (including phenoxy) is 1. The average molecular weight is 725 g/mol. The Morgan fingerprint density at radius 1 is 0.961 bits per heavy atom. The van der Waals surface area contributed by atoms with E-state index >= 15 is 4.79 Å². The summed E-state index contributed by atoms with van der Waals surface area (Å²) < 4.78 is 10.0. The van der Waals surface area contributed by atoms with Crippen LogP contribution in [-0.2, 0) is 13.5 Å². The SMILES string of the molecule is Cc1cc(N2C[C@@H](C)n3c(c(CCCOc4cc(C)c(Cl)c(C)c4)c4ccc(Cl)c(-c5c(C)ncnc5C)c43)C2=O)c2c(c1)cc(C(=O)O)n2C. The van der Waals surface area contributed by atoms with Gasteiger partial charge < -0.3 is 23.9 Å². The predicted octanol–water partition coefficient (Wildman–Crippen LogP) is 9.37. The van der Waals surface area contributed by atoms with E-state index in [-0.39, 0.29) is 17.6 Å². The summed E-state index contributed by atoms with van der Waals surface area (Å²) in [4.78, 5) is 38.0. The highest BCUT2D eigenvalue weighted by Crippen LogP contribution is 2.45. The Balaban J connectivity index is 1.40. The van der Waals surface area contributed by atoms with E-state index in [1.54, 1.807) is 24.0 Å². The molecular formula is C40H39Cl2N5O4. The first kappa shape index (κ1) is 34.6. The van der Waals surface area contributed by atoms with Crippen LogP contribution in [-0.4, -0.2) is 49.2 Å². The molecule has 11 heteroatoms. The van der Waals surface area contributed by atoms with Crippen molar-refractivity contribution in [2.24, 2.45) is 7.05 Å². The lowest BCUT2D eigenvalue weighted by Gasteiger charge is -2.35. The van der Waals surface area contributed by atoms with Crippen LogP contribution in [0.4, 0.5) is 5.69 Å². The molecule has 1 amide bonds. The maximum absolute atomic E-state index is 15.1. The van der Waals surface area contributed by atoms with Crippen LogP contribution in [0.3, 0.4) is 0 Å². The number of carbonyl (C=O) groups excluding carboxylic acids is 1. The number of hydrogen-bond donors (Lipinski definition) is 1. The van der Waals surface area contributed by atoms with E-state index in [2.05, 4.69) is 21.5 Å². The normalized spacial score (nSPS) is 14.5. The predicted molar refractivity (Wildman–Crippen MR) is 203 cm³/mol. The van der Waals surface area contributed by atoms with Gasteiger partial charge in [0, 0.05) is 57.9 Å². The lowest BCUT2D eigenvalue weighted by Crippen LogP contribution is -2.43. The van der Waals surface area contributed by atoms with Crippen molar-refractivity contribution in [1.29, 1.82) is 0 Å². The van der Waals surface area contributed by atoms with Gasteiger partial charge in [0.15, 0.2) is 0 Å². The Morgan fingerprint density at radius 2 is 1.65 bits per heavy atom. The van der Waals surface area contributed by atoms with Gasteiger partial charge in [-0.1, -0.05) is 29.3 Å². The third-order valence-electron chi connectivity index (χ3n) is 10.0. The number of benzene rings is 3. The number of aromatic carboxylic acids is 1. The summed E-state index contributed by atoms with van der Waals surface area (Å²) in [5.41, 5.74) is 10.00. The van der Waals surface area contributed by atoms with Crippen molar-refractivity contribution < 1.29 is 19.4 Å². The van der Waals surface area contributed by atoms with Crippen LogP contribution in [0.15, 0.2) is 48.8 Å². The van der Waals surface area contributed by atoms with E-state index in [9.17, 15) is 9.90 Å². The average Bonchev–Trinajstić information content (AvgIpc) is 3.59. The van der Waals surface area contributed by atoms with Crippen LogP contribution in [0.5, 0.6) is 5.75 Å². The second kappa shape index (κ2) is 13.0. The topological polar surface area (TPSA) is 102 Å². The molecule has 3 aromatic heterocycles. The van der Waals surface area contributed by atoms with Crippen LogP contribution in [0, 0.1) is 34.6 Å². The molecule has 0 spiro atoms. The standard InChI is InChI=1S/C40H39Cl2N5O4/c1-20-13-26-17-32(40(49)50)45(7)36(26)31(14-20)46-18-23(4)47-37-29(10-11-30(41)34(37)33-24(5)43-19-44-25(33)6)28(38(47)39(46)48)9-8-12-51-27-15-21(2)35(42)22(3)16-27/h10-11,13-17,19,23H,8-9,12,18H2,1-7H3,(H,49,50)/t23-/m1/s1. The zero-order chi connectivity index (χ0) is 36.5. The zero-order valence-corrected chi connectivity index (χ0v) is 31.2. The Labute approximate surface area is 306 Å². The quantitative estimate of drug-likeness (QED) is 0.157. The molecule has 0 radical (unpaired) electrons. The van der Waals surface area contributed by atoms with Crippen molar-refractivity contribution in [3.05, 3.63) is 104 Å². The number of anilines is 1. The largest absolute Gasteiger partial charge is 0.494 e.